The number of nitrogens with one attached hydrogen (secondary N) is 1. The number of aromatic nitrogens is 5. The van der Waals surface area contributed by atoms with Gasteiger partial charge < -0.3 is 4.98 Å². The smallest absolute Gasteiger partial charge is 0.253 e. The molecule has 1 saturated heterocycles. The van der Waals surface area contributed by atoms with Gasteiger partial charge in [-0.1, -0.05) is 72.8 Å². The first-order valence-corrected chi connectivity index (χ1v) is 13.8. The van der Waals surface area contributed by atoms with Gasteiger partial charge in [-0.3, -0.25) is 9.69 Å². The van der Waals surface area contributed by atoms with E-state index >= 15 is 0 Å². The summed E-state index contributed by atoms with van der Waals surface area (Å²) in [6.45, 7) is 6.44. The molecule has 0 radical (unpaired) electrons. The number of nitrogens with zero attached hydrogens (tertiary/aromatic N) is 5. The molecule has 6 rings (SSSR count). The van der Waals surface area contributed by atoms with Crippen LogP contribution in [0.5, 0.6) is 0 Å². The van der Waals surface area contributed by atoms with Crippen molar-refractivity contribution in [2.45, 2.75) is 45.7 Å². The molecule has 7 nitrogen and oxygen atoms in total. The van der Waals surface area contributed by atoms with Gasteiger partial charge in [-0.2, -0.15) is 0 Å². The fourth-order valence-corrected chi connectivity index (χ4v) is 5.88. The standard InChI is InChI=1S/C32H34N6O/c1-22-13-14-27-20-28(32(39)33-29(27)23(22)2)30(31-34-35-36-38(31)21-26-11-7-4-8-12-26)37-17-15-25(16-18-37)19-24-9-5-3-6-10-24/h3-14,20,25,30H,15-19,21H2,1-2H3,(H,33,39)/t30-/m1/s1. The minimum absolute atomic E-state index is 0.0816. The first-order valence-electron chi connectivity index (χ1n) is 13.8. The molecule has 5 aromatic rings. The zero-order chi connectivity index (χ0) is 26.8. The zero-order valence-electron chi connectivity index (χ0n) is 22.5. The second-order valence-corrected chi connectivity index (χ2v) is 10.8. The van der Waals surface area contributed by atoms with Crippen molar-refractivity contribution in [1.29, 1.82) is 0 Å². The molecule has 0 aliphatic carbocycles. The molecule has 2 aromatic heterocycles. The van der Waals surface area contributed by atoms with Crippen molar-refractivity contribution in [2.24, 2.45) is 5.92 Å². The van der Waals surface area contributed by atoms with Crippen LogP contribution < -0.4 is 5.56 Å². The Morgan fingerprint density at radius 2 is 1.62 bits per heavy atom. The maximum atomic E-state index is 13.7. The van der Waals surface area contributed by atoms with Crippen molar-refractivity contribution in [3.8, 4) is 0 Å². The van der Waals surface area contributed by atoms with Crippen molar-refractivity contribution >= 4 is 10.9 Å². The Morgan fingerprint density at radius 1 is 0.923 bits per heavy atom. The summed E-state index contributed by atoms with van der Waals surface area (Å²) in [5.41, 5.74) is 6.27. The van der Waals surface area contributed by atoms with Gasteiger partial charge in [-0.05, 0) is 96.3 Å². The van der Waals surface area contributed by atoms with Gasteiger partial charge in [-0.15, -0.1) is 5.10 Å². The van der Waals surface area contributed by atoms with Gasteiger partial charge in [0.15, 0.2) is 5.82 Å². The van der Waals surface area contributed by atoms with Crippen LogP contribution in [0.2, 0.25) is 0 Å². The van der Waals surface area contributed by atoms with E-state index in [4.69, 9.17) is 0 Å². The van der Waals surface area contributed by atoms with Gasteiger partial charge in [-0.25, -0.2) is 4.68 Å². The number of hydrogen-bond acceptors (Lipinski definition) is 5. The van der Waals surface area contributed by atoms with Crippen LogP contribution in [0, 0.1) is 19.8 Å². The third kappa shape index (κ3) is 5.27. The number of tetrazole rings is 1. The number of benzene rings is 3. The van der Waals surface area contributed by atoms with Crippen LogP contribution in [0.4, 0.5) is 0 Å². The van der Waals surface area contributed by atoms with E-state index < -0.39 is 0 Å². The quantitative estimate of drug-likeness (QED) is 0.319. The summed E-state index contributed by atoms with van der Waals surface area (Å²) < 4.78 is 1.85. The van der Waals surface area contributed by atoms with Crippen LogP contribution in [-0.4, -0.2) is 43.2 Å². The highest BCUT2D eigenvalue weighted by Crippen LogP contribution is 2.32. The molecule has 7 heteroatoms. The Hall–Kier alpha value is -4.10. The molecular formula is C32H34N6O. The Kier molecular flexibility index (Phi) is 7.07. The molecular weight excluding hydrogens is 484 g/mol. The van der Waals surface area contributed by atoms with Crippen LogP contribution in [0.15, 0.2) is 83.7 Å². The molecule has 1 fully saturated rings. The predicted molar refractivity (Wildman–Crippen MR) is 154 cm³/mol. The number of piperidine rings is 1. The van der Waals surface area contributed by atoms with Crippen LogP contribution in [-0.2, 0) is 13.0 Å². The summed E-state index contributed by atoms with van der Waals surface area (Å²) >= 11 is 0. The van der Waals surface area contributed by atoms with Crippen molar-refractivity contribution in [3.63, 3.8) is 0 Å². The zero-order valence-corrected chi connectivity index (χ0v) is 22.5. The first kappa shape index (κ1) is 25.2. The van der Waals surface area contributed by atoms with Crippen molar-refractivity contribution in [3.05, 3.63) is 123 Å². The van der Waals surface area contributed by atoms with Gasteiger partial charge >= 0.3 is 0 Å². The molecule has 39 heavy (non-hydrogen) atoms. The molecule has 198 valence electrons. The Labute approximate surface area is 228 Å². The summed E-state index contributed by atoms with van der Waals surface area (Å²) in [6, 6.07) is 26.8. The minimum atomic E-state index is -0.337. The summed E-state index contributed by atoms with van der Waals surface area (Å²) in [5, 5.41) is 14.0. The van der Waals surface area contributed by atoms with Crippen molar-refractivity contribution < 1.29 is 0 Å². The van der Waals surface area contributed by atoms with E-state index in [9.17, 15) is 4.79 Å². The first-order chi connectivity index (χ1) is 19.1. The number of pyridine rings is 1. The van der Waals surface area contributed by atoms with E-state index in [1.165, 1.54) is 5.56 Å². The monoisotopic (exact) mass is 518 g/mol. The number of H-pyrrole nitrogens is 1. The normalized spacial score (nSPS) is 15.5. The van der Waals surface area contributed by atoms with Gasteiger partial charge in [0.05, 0.1) is 12.1 Å². The highest BCUT2D eigenvalue weighted by molar-refractivity contribution is 5.83. The van der Waals surface area contributed by atoms with Crippen LogP contribution >= 0.6 is 0 Å². The average molecular weight is 519 g/mol. The van der Waals surface area contributed by atoms with E-state index in [-0.39, 0.29) is 11.6 Å². The number of hydrogen-bond donors (Lipinski definition) is 1. The number of likely N-dealkylation sites (tertiary alicyclic amines) is 1. The molecule has 3 aromatic carbocycles. The molecule has 0 amide bonds. The third-order valence-electron chi connectivity index (χ3n) is 8.24. The highest BCUT2D eigenvalue weighted by atomic mass is 16.1. The van der Waals surface area contributed by atoms with Crippen LogP contribution in [0.25, 0.3) is 10.9 Å². The molecule has 1 atom stereocenters. The van der Waals surface area contributed by atoms with Gasteiger partial charge in [0, 0.05) is 5.56 Å². The van der Waals surface area contributed by atoms with Crippen molar-refractivity contribution in [2.75, 3.05) is 13.1 Å². The van der Waals surface area contributed by atoms with E-state index in [0.717, 1.165) is 59.9 Å². The summed E-state index contributed by atoms with van der Waals surface area (Å²) in [5.74, 6) is 1.32. The van der Waals surface area contributed by atoms with Crippen LogP contribution in [0.1, 0.15) is 52.5 Å². The second-order valence-electron chi connectivity index (χ2n) is 10.8. The lowest BCUT2D eigenvalue weighted by Gasteiger charge is -2.37. The lowest BCUT2D eigenvalue weighted by molar-refractivity contribution is 0.143. The Balaban J connectivity index is 1.36. The summed E-state index contributed by atoms with van der Waals surface area (Å²) in [4.78, 5) is 19.3. The molecule has 1 N–H and O–H groups in total. The average Bonchev–Trinajstić information content (AvgIpc) is 3.41. The molecule has 1 aliphatic rings. The number of aromatic amines is 1. The lowest BCUT2D eigenvalue weighted by Crippen LogP contribution is -2.41. The topological polar surface area (TPSA) is 79.7 Å². The fraction of sp³-hybridized carbons (Fsp3) is 0.312. The SMILES string of the molecule is Cc1ccc2cc([C@H](c3nnnn3Cc3ccccc3)N3CCC(Cc4ccccc4)CC3)c(=O)[nH]c2c1C. The van der Waals surface area contributed by atoms with E-state index in [2.05, 4.69) is 93.9 Å². The maximum Gasteiger partial charge on any atom is 0.253 e. The summed E-state index contributed by atoms with van der Waals surface area (Å²) in [7, 11) is 0. The molecule has 0 bridgehead atoms. The van der Waals surface area contributed by atoms with Gasteiger partial charge in [0.1, 0.15) is 6.04 Å². The lowest BCUT2D eigenvalue weighted by atomic mass is 9.89. The number of aryl methyl sites for hydroxylation is 2. The molecule has 1 aliphatic heterocycles. The fourth-order valence-electron chi connectivity index (χ4n) is 5.88. The van der Waals surface area contributed by atoms with E-state index in [1.807, 2.05) is 28.9 Å². The second kappa shape index (κ2) is 10.9. The Bertz CT molecular complexity index is 1620. The predicted octanol–water partition coefficient (Wildman–Crippen LogP) is 5.22. The molecule has 0 unspecified atom stereocenters. The largest absolute Gasteiger partial charge is 0.321 e. The Morgan fingerprint density at radius 3 is 2.33 bits per heavy atom. The molecule has 3 heterocycles. The van der Waals surface area contributed by atoms with Gasteiger partial charge in [0.2, 0.25) is 0 Å². The summed E-state index contributed by atoms with van der Waals surface area (Å²) in [6.07, 6.45) is 3.21. The number of rotatable bonds is 7. The third-order valence-corrected chi connectivity index (χ3v) is 8.24. The molecule has 0 saturated carbocycles. The van der Waals surface area contributed by atoms with Crippen molar-refractivity contribution in [1.82, 2.24) is 30.1 Å². The number of fused-ring (bicyclic) bond motifs is 1. The maximum absolute atomic E-state index is 13.7. The van der Waals surface area contributed by atoms with Gasteiger partial charge in [0.25, 0.3) is 5.56 Å². The van der Waals surface area contributed by atoms with E-state index in [0.29, 0.717) is 23.9 Å². The van der Waals surface area contributed by atoms with E-state index in [1.54, 1.807) is 0 Å². The minimum Gasteiger partial charge on any atom is -0.321 e. The molecule has 0 spiro atoms. The van der Waals surface area contributed by atoms with Crippen LogP contribution in [0.3, 0.4) is 0 Å². The highest BCUT2D eigenvalue weighted by Gasteiger charge is 2.33.